The van der Waals surface area contributed by atoms with E-state index in [1.165, 1.54) is 11.1 Å². The maximum Gasteiger partial charge on any atom is 0.253 e. The third-order valence-corrected chi connectivity index (χ3v) is 7.56. The van der Waals surface area contributed by atoms with E-state index in [4.69, 9.17) is 14.2 Å². The third kappa shape index (κ3) is 4.15. The Morgan fingerprint density at radius 1 is 1.05 bits per heavy atom. The molecule has 4 aromatic rings. The number of ether oxygens (including phenoxy) is 3. The minimum atomic E-state index is -0.425. The fourth-order valence-corrected chi connectivity index (χ4v) is 5.72. The van der Waals surface area contributed by atoms with Crippen LogP contribution in [0, 0.1) is 0 Å². The number of aromatic amines is 1. The van der Waals surface area contributed by atoms with E-state index in [0.717, 1.165) is 37.8 Å². The highest BCUT2D eigenvalue weighted by atomic mass is 16.6. The Morgan fingerprint density at radius 3 is 2.73 bits per heavy atom. The minimum Gasteiger partial charge on any atom is -0.486 e. The van der Waals surface area contributed by atoms with Gasteiger partial charge in [0.25, 0.3) is 5.56 Å². The second kappa shape index (κ2) is 9.28. The Balaban J connectivity index is 1.34. The van der Waals surface area contributed by atoms with Crippen LogP contribution in [0.1, 0.15) is 41.4 Å². The summed E-state index contributed by atoms with van der Waals surface area (Å²) in [5.74, 6) is 1.98. The number of aromatic nitrogens is 5. The number of fused-ring (bicyclic) bond motifs is 3. The highest BCUT2D eigenvalue weighted by Gasteiger charge is 2.33. The van der Waals surface area contributed by atoms with Crippen LogP contribution >= 0.6 is 0 Å². The number of nitrogens with zero attached hydrogens (tertiary/aromatic N) is 5. The molecule has 1 fully saturated rings. The molecule has 1 saturated heterocycles. The molecule has 2 aromatic heterocycles. The summed E-state index contributed by atoms with van der Waals surface area (Å²) in [4.78, 5) is 19.0. The molecule has 3 aliphatic heterocycles. The zero-order valence-corrected chi connectivity index (χ0v) is 20.4. The number of H-pyrrole nitrogens is 1. The van der Waals surface area contributed by atoms with Gasteiger partial charge in [-0.25, -0.2) is 4.68 Å². The fraction of sp³-hybridized carbons (Fsp3) is 0.407. The lowest BCUT2D eigenvalue weighted by molar-refractivity contribution is 0.0904. The molecule has 0 bridgehead atoms. The summed E-state index contributed by atoms with van der Waals surface area (Å²) in [5.41, 5.74) is 3.74. The molecule has 0 saturated carbocycles. The number of rotatable bonds is 5. The second-order valence-electron chi connectivity index (χ2n) is 9.88. The standard InChI is InChI=1S/C27H28N6O4/c34-27-21(12-19-13-23-24(14-22(19)28-27)37-11-10-36-23)25(32-8-7-17-4-1-2-5-18(17)15-32)26-29-30-31-33(26)16-20-6-3-9-35-20/h1-2,4-5,12-14,20,25H,3,6-11,15-16H2,(H,28,34)/t20-,25+/m0/s1. The van der Waals surface area contributed by atoms with Crippen molar-refractivity contribution in [2.45, 2.75) is 44.5 Å². The van der Waals surface area contributed by atoms with E-state index in [1.807, 2.05) is 22.9 Å². The quantitative estimate of drug-likeness (QED) is 0.446. The highest BCUT2D eigenvalue weighted by Crippen LogP contribution is 2.36. The van der Waals surface area contributed by atoms with Crippen molar-refractivity contribution in [1.29, 1.82) is 0 Å². The number of hydrogen-bond acceptors (Lipinski definition) is 8. The average Bonchev–Trinajstić information content (AvgIpc) is 3.61. The molecule has 5 heterocycles. The van der Waals surface area contributed by atoms with Crippen LogP contribution in [0.25, 0.3) is 10.9 Å². The van der Waals surface area contributed by atoms with Crippen molar-refractivity contribution in [3.8, 4) is 11.5 Å². The van der Waals surface area contributed by atoms with Gasteiger partial charge in [-0.2, -0.15) is 0 Å². The van der Waals surface area contributed by atoms with Gasteiger partial charge < -0.3 is 19.2 Å². The van der Waals surface area contributed by atoms with Crippen LogP contribution in [0.4, 0.5) is 0 Å². The van der Waals surface area contributed by atoms with Gasteiger partial charge in [-0.1, -0.05) is 24.3 Å². The van der Waals surface area contributed by atoms with Crippen LogP contribution in [0.3, 0.4) is 0 Å². The van der Waals surface area contributed by atoms with Crippen molar-refractivity contribution in [1.82, 2.24) is 30.1 Å². The second-order valence-corrected chi connectivity index (χ2v) is 9.88. The van der Waals surface area contributed by atoms with Crippen LogP contribution in [-0.2, 0) is 24.2 Å². The zero-order chi connectivity index (χ0) is 24.8. The molecule has 0 amide bonds. The molecular weight excluding hydrogens is 472 g/mol. The number of nitrogens with one attached hydrogen (secondary N) is 1. The van der Waals surface area contributed by atoms with E-state index >= 15 is 0 Å². The molecule has 3 aliphatic rings. The van der Waals surface area contributed by atoms with Crippen LogP contribution in [0.15, 0.2) is 47.3 Å². The van der Waals surface area contributed by atoms with Gasteiger partial charge in [0, 0.05) is 36.7 Å². The largest absolute Gasteiger partial charge is 0.486 e. The third-order valence-electron chi connectivity index (χ3n) is 7.56. The normalized spacial score (nSPS) is 20.2. The Kier molecular flexibility index (Phi) is 5.63. The van der Waals surface area contributed by atoms with E-state index in [1.54, 1.807) is 0 Å². The van der Waals surface area contributed by atoms with Gasteiger partial charge in [0.15, 0.2) is 17.3 Å². The number of benzene rings is 2. The summed E-state index contributed by atoms with van der Waals surface area (Å²) < 4.78 is 19.2. The molecule has 0 unspecified atom stereocenters. The molecule has 0 radical (unpaired) electrons. The van der Waals surface area contributed by atoms with Gasteiger partial charge in [-0.05, 0) is 52.9 Å². The van der Waals surface area contributed by atoms with Gasteiger partial charge in [0.05, 0.1) is 18.2 Å². The lowest BCUT2D eigenvalue weighted by Crippen LogP contribution is -2.39. The molecule has 2 atom stereocenters. The minimum absolute atomic E-state index is 0.0727. The van der Waals surface area contributed by atoms with E-state index in [-0.39, 0.29) is 11.7 Å². The first kappa shape index (κ1) is 22.4. The van der Waals surface area contributed by atoms with Crippen LogP contribution in [0.2, 0.25) is 0 Å². The molecule has 0 spiro atoms. The Labute approximate surface area is 213 Å². The first-order valence-corrected chi connectivity index (χ1v) is 12.9. The van der Waals surface area contributed by atoms with Crippen LogP contribution < -0.4 is 15.0 Å². The first-order chi connectivity index (χ1) is 18.2. The summed E-state index contributed by atoms with van der Waals surface area (Å²) in [6.07, 6.45) is 2.98. The molecule has 1 N–H and O–H groups in total. The van der Waals surface area contributed by atoms with Gasteiger partial charge in [-0.15, -0.1) is 5.10 Å². The lowest BCUT2D eigenvalue weighted by Gasteiger charge is -2.35. The van der Waals surface area contributed by atoms with Gasteiger partial charge in [0.2, 0.25) is 0 Å². The summed E-state index contributed by atoms with van der Waals surface area (Å²) in [5, 5.41) is 13.7. The Hall–Kier alpha value is -3.76. The molecule has 2 aromatic carbocycles. The summed E-state index contributed by atoms with van der Waals surface area (Å²) in [6.45, 7) is 3.80. The number of hydrogen-bond donors (Lipinski definition) is 1. The predicted molar refractivity (Wildman–Crippen MR) is 135 cm³/mol. The lowest BCUT2D eigenvalue weighted by atomic mass is 9.96. The van der Waals surface area contributed by atoms with E-state index in [9.17, 15) is 4.79 Å². The SMILES string of the molecule is O=c1[nH]c2cc3c(cc2cc1[C@H](c1nnnn1C[C@@H]1CCCO1)N1CCc2ccccc2C1)OCCO3. The van der Waals surface area contributed by atoms with Gasteiger partial charge in [0.1, 0.15) is 19.3 Å². The topological polar surface area (TPSA) is 107 Å². The Morgan fingerprint density at radius 2 is 1.89 bits per heavy atom. The van der Waals surface area contributed by atoms with Crippen molar-refractivity contribution in [3.63, 3.8) is 0 Å². The van der Waals surface area contributed by atoms with Crippen molar-refractivity contribution in [2.75, 3.05) is 26.4 Å². The van der Waals surface area contributed by atoms with Gasteiger partial charge in [-0.3, -0.25) is 9.69 Å². The highest BCUT2D eigenvalue weighted by molar-refractivity contribution is 5.83. The van der Waals surface area contributed by atoms with Crippen molar-refractivity contribution < 1.29 is 14.2 Å². The molecule has 37 heavy (non-hydrogen) atoms. The van der Waals surface area contributed by atoms with Gasteiger partial charge >= 0.3 is 0 Å². The molecule has 10 heteroatoms. The smallest absolute Gasteiger partial charge is 0.253 e. The Bertz CT molecular complexity index is 1510. The summed E-state index contributed by atoms with van der Waals surface area (Å²) in [7, 11) is 0. The maximum absolute atomic E-state index is 13.6. The van der Waals surface area contributed by atoms with E-state index in [2.05, 4.69) is 49.7 Å². The van der Waals surface area contributed by atoms with Crippen molar-refractivity contribution in [2.24, 2.45) is 0 Å². The average molecular weight is 501 g/mol. The summed E-state index contributed by atoms with van der Waals surface area (Å²) >= 11 is 0. The molecular formula is C27H28N6O4. The first-order valence-electron chi connectivity index (χ1n) is 12.9. The summed E-state index contributed by atoms with van der Waals surface area (Å²) in [6, 6.07) is 13.8. The maximum atomic E-state index is 13.6. The number of pyridine rings is 1. The molecule has 7 rings (SSSR count). The molecule has 0 aliphatic carbocycles. The van der Waals surface area contributed by atoms with Crippen LogP contribution in [-0.4, -0.2) is 62.6 Å². The number of tetrazole rings is 1. The zero-order valence-electron chi connectivity index (χ0n) is 20.4. The van der Waals surface area contributed by atoms with E-state index in [0.29, 0.717) is 54.7 Å². The fourth-order valence-electron chi connectivity index (χ4n) is 5.72. The monoisotopic (exact) mass is 500 g/mol. The van der Waals surface area contributed by atoms with Crippen molar-refractivity contribution >= 4 is 10.9 Å². The molecule has 190 valence electrons. The predicted octanol–water partition coefficient (Wildman–Crippen LogP) is 2.61. The molecule has 10 nitrogen and oxygen atoms in total. The van der Waals surface area contributed by atoms with Crippen LogP contribution in [0.5, 0.6) is 11.5 Å². The van der Waals surface area contributed by atoms with Crippen molar-refractivity contribution in [3.05, 3.63) is 75.3 Å². The van der Waals surface area contributed by atoms with E-state index < -0.39 is 6.04 Å².